The average Bonchev–Trinajstić information content (AvgIpc) is 2.19. The SMILES string of the molecule is N#CC(CBr)Cc1cc(Br)ccc1F. The van der Waals surface area contributed by atoms with Gasteiger partial charge in [0.05, 0.1) is 12.0 Å². The van der Waals surface area contributed by atoms with Gasteiger partial charge in [0.25, 0.3) is 0 Å². The minimum absolute atomic E-state index is 0.182. The second-order valence-corrected chi connectivity index (χ2v) is 4.48. The predicted octanol–water partition coefficient (Wildman–Crippen LogP) is 3.67. The highest BCUT2D eigenvalue weighted by atomic mass is 79.9. The molecule has 74 valence electrons. The molecule has 4 heteroatoms. The Morgan fingerprint density at radius 3 is 2.79 bits per heavy atom. The zero-order chi connectivity index (χ0) is 10.6. The van der Waals surface area contributed by atoms with Crippen LogP contribution in [0.2, 0.25) is 0 Å². The Kier molecular flexibility index (Phi) is 4.56. The normalized spacial score (nSPS) is 12.1. The van der Waals surface area contributed by atoms with Crippen LogP contribution < -0.4 is 0 Å². The van der Waals surface area contributed by atoms with E-state index in [2.05, 4.69) is 37.9 Å². The van der Waals surface area contributed by atoms with Crippen LogP contribution in [0.25, 0.3) is 0 Å². The van der Waals surface area contributed by atoms with E-state index >= 15 is 0 Å². The van der Waals surface area contributed by atoms with Crippen molar-refractivity contribution in [2.24, 2.45) is 5.92 Å². The lowest BCUT2D eigenvalue weighted by molar-refractivity contribution is 0.596. The molecule has 0 heterocycles. The summed E-state index contributed by atoms with van der Waals surface area (Å²) in [5, 5.41) is 9.30. The first-order chi connectivity index (χ1) is 6.67. The number of rotatable bonds is 3. The van der Waals surface area contributed by atoms with E-state index in [9.17, 15) is 4.39 Å². The van der Waals surface area contributed by atoms with E-state index in [0.717, 1.165) is 4.47 Å². The van der Waals surface area contributed by atoms with Crippen molar-refractivity contribution >= 4 is 31.9 Å². The van der Waals surface area contributed by atoms with E-state index < -0.39 is 0 Å². The summed E-state index contributed by atoms with van der Waals surface area (Å²) in [6.07, 6.45) is 0.438. The van der Waals surface area contributed by atoms with E-state index in [1.54, 1.807) is 12.1 Å². The van der Waals surface area contributed by atoms with Gasteiger partial charge >= 0.3 is 0 Å². The number of halogens is 3. The van der Waals surface area contributed by atoms with Crippen molar-refractivity contribution < 1.29 is 4.39 Å². The van der Waals surface area contributed by atoms with Gasteiger partial charge in [-0.25, -0.2) is 4.39 Å². The van der Waals surface area contributed by atoms with Crippen molar-refractivity contribution in [1.82, 2.24) is 0 Å². The molecule has 1 nitrogen and oxygen atoms in total. The predicted molar refractivity (Wildman–Crippen MR) is 60.7 cm³/mol. The third-order valence-corrected chi connectivity index (χ3v) is 3.12. The first-order valence-electron chi connectivity index (χ1n) is 4.07. The zero-order valence-corrected chi connectivity index (χ0v) is 10.5. The lowest BCUT2D eigenvalue weighted by atomic mass is 10.0. The first kappa shape index (κ1) is 11.7. The highest BCUT2D eigenvalue weighted by molar-refractivity contribution is 9.10. The van der Waals surface area contributed by atoms with Gasteiger partial charge in [0.1, 0.15) is 5.82 Å². The number of alkyl halides is 1. The molecule has 0 amide bonds. The lowest BCUT2D eigenvalue weighted by Gasteiger charge is -2.06. The number of nitriles is 1. The van der Waals surface area contributed by atoms with E-state index in [1.807, 2.05) is 0 Å². The van der Waals surface area contributed by atoms with Crippen LogP contribution in [0.1, 0.15) is 5.56 Å². The van der Waals surface area contributed by atoms with Crippen LogP contribution in [0.5, 0.6) is 0 Å². The lowest BCUT2D eigenvalue weighted by Crippen LogP contribution is -2.04. The molecule has 14 heavy (non-hydrogen) atoms. The minimum atomic E-state index is -0.255. The first-order valence-corrected chi connectivity index (χ1v) is 5.98. The zero-order valence-electron chi connectivity index (χ0n) is 7.30. The van der Waals surface area contributed by atoms with Gasteiger partial charge in [-0.05, 0) is 30.2 Å². The maximum Gasteiger partial charge on any atom is 0.126 e. The summed E-state index contributed by atoms with van der Waals surface area (Å²) in [6, 6.07) is 6.88. The van der Waals surface area contributed by atoms with Crippen LogP contribution in [-0.4, -0.2) is 5.33 Å². The van der Waals surface area contributed by atoms with Gasteiger partial charge in [0.2, 0.25) is 0 Å². The number of hydrogen-bond donors (Lipinski definition) is 0. The Hall–Kier alpha value is -0.400. The van der Waals surface area contributed by atoms with E-state index in [-0.39, 0.29) is 11.7 Å². The van der Waals surface area contributed by atoms with Crippen molar-refractivity contribution in [3.63, 3.8) is 0 Å². The Labute approximate surface area is 99.2 Å². The van der Waals surface area contributed by atoms with Gasteiger partial charge in [0, 0.05) is 9.80 Å². The quantitative estimate of drug-likeness (QED) is 0.780. The molecule has 0 saturated heterocycles. The Morgan fingerprint density at radius 1 is 1.50 bits per heavy atom. The van der Waals surface area contributed by atoms with Crippen LogP contribution in [-0.2, 0) is 6.42 Å². The molecule has 1 atom stereocenters. The smallest absolute Gasteiger partial charge is 0.126 e. The molecule has 0 fully saturated rings. The topological polar surface area (TPSA) is 23.8 Å². The molecular formula is C10H8Br2FN. The van der Waals surface area contributed by atoms with Crippen molar-refractivity contribution in [1.29, 1.82) is 5.26 Å². The highest BCUT2D eigenvalue weighted by Crippen LogP contribution is 2.19. The number of nitrogens with zero attached hydrogens (tertiary/aromatic N) is 1. The van der Waals surface area contributed by atoms with Crippen LogP contribution in [0.4, 0.5) is 4.39 Å². The minimum Gasteiger partial charge on any atom is -0.207 e. The molecule has 0 aliphatic carbocycles. The highest BCUT2D eigenvalue weighted by Gasteiger charge is 2.10. The molecular weight excluding hydrogens is 313 g/mol. The van der Waals surface area contributed by atoms with Gasteiger partial charge in [0.15, 0.2) is 0 Å². The number of benzene rings is 1. The summed E-state index contributed by atoms with van der Waals surface area (Å²) in [7, 11) is 0. The summed E-state index contributed by atoms with van der Waals surface area (Å²) in [4.78, 5) is 0. The van der Waals surface area contributed by atoms with Crippen molar-refractivity contribution in [2.45, 2.75) is 6.42 Å². The molecule has 0 aliphatic heterocycles. The molecule has 0 saturated carbocycles. The number of hydrogen-bond acceptors (Lipinski definition) is 1. The maximum atomic E-state index is 13.3. The van der Waals surface area contributed by atoms with Crippen molar-refractivity contribution in [3.05, 3.63) is 34.1 Å². The average molecular weight is 321 g/mol. The third-order valence-electron chi connectivity index (χ3n) is 1.84. The summed E-state index contributed by atoms with van der Waals surface area (Å²) in [5.74, 6) is -0.437. The van der Waals surface area contributed by atoms with Crippen molar-refractivity contribution in [3.8, 4) is 6.07 Å². The summed E-state index contributed by atoms with van der Waals surface area (Å²) >= 11 is 6.49. The van der Waals surface area contributed by atoms with E-state index in [0.29, 0.717) is 17.3 Å². The molecule has 1 aromatic rings. The maximum absolute atomic E-state index is 13.3. The molecule has 0 bridgehead atoms. The molecule has 0 aromatic heterocycles. The Morgan fingerprint density at radius 2 is 2.21 bits per heavy atom. The molecule has 1 rings (SSSR count). The van der Waals surface area contributed by atoms with E-state index in [1.165, 1.54) is 6.07 Å². The monoisotopic (exact) mass is 319 g/mol. The Bertz CT molecular complexity index is 360. The molecule has 0 spiro atoms. The molecule has 0 radical (unpaired) electrons. The Balaban J connectivity index is 2.86. The van der Waals surface area contributed by atoms with Crippen LogP contribution in [0.15, 0.2) is 22.7 Å². The standard InChI is InChI=1S/C10H8Br2FN/c11-5-7(6-14)3-8-4-9(12)1-2-10(8)13/h1-2,4,7H,3,5H2. The third kappa shape index (κ3) is 3.07. The largest absolute Gasteiger partial charge is 0.207 e. The van der Waals surface area contributed by atoms with Crippen LogP contribution in [0, 0.1) is 23.1 Å². The second-order valence-electron chi connectivity index (χ2n) is 2.92. The van der Waals surface area contributed by atoms with Gasteiger partial charge in [-0.3, -0.25) is 0 Å². The fraction of sp³-hybridized carbons (Fsp3) is 0.300. The fourth-order valence-electron chi connectivity index (χ4n) is 1.10. The van der Waals surface area contributed by atoms with Gasteiger partial charge in [-0.2, -0.15) is 5.26 Å². The van der Waals surface area contributed by atoms with Gasteiger partial charge in [-0.15, -0.1) is 0 Å². The van der Waals surface area contributed by atoms with Crippen molar-refractivity contribution in [2.75, 3.05) is 5.33 Å². The van der Waals surface area contributed by atoms with E-state index in [4.69, 9.17) is 5.26 Å². The van der Waals surface area contributed by atoms with Gasteiger partial charge in [-0.1, -0.05) is 31.9 Å². The summed E-state index contributed by atoms with van der Waals surface area (Å²) in [5.41, 5.74) is 0.574. The van der Waals surface area contributed by atoms with Gasteiger partial charge < -0.3 is 0 Å². The molecule has 1 aromatic carbocycles. The summed E-state index contributed by atoms with van der Waals surface area (Å²) < 4.78 is 14.1. The fourth-order valence-corrected chi connectivity index (χ4v) is 1.88. The second kappa shape index (κ2) is 5.47. The molecule has 0 aliphatic rings. The molecule has 1 unspecified atom stereocenters. The summed E-state index contributed by atoms with van der Waals surface area (Å²) in [6.45, 7) is 0. The van der Waals surface area contributed by atoms with Crippen LogP contribution in [0.3, 0.4) is 0 Å². The van der Waals surface area contributed by atoms with Crippen LogP contribution >= 0.6 is 31.9 Å². The molecule has 0 N–H and O–H groups in total.